The van der Waals surface area contributed by atoms with E-state index >= 15 is 0 Å². The predicted octanol–water partition coefficient (Wildman–Crippen LogP) is -0.199. The molecular weight excluding hydrogens is 206 g/mol. The molecule has 2 rings (SSSR count). The van der Waals surface area contributed by atoms with Crippen LogP contribution in [0.25, 0.3) is 0 Å². The van der Waals surface area contributed by atoms with Crippen molar-refractivity contribution in [2.75, 3.05) is 20.1 Å². The zero-order valence-electron chi connectivity index (χ0n) is 9.66. The minimum absolute atomic E-state index is 0.0753. The Morgan fingerprint density at radius 3 is 3.06 bits per heavy atom. The number of H-pyrrole nitrogens is 1. The van der Waals surface area contributed by atoms with Gasteiger partial charge in [-0.05, 0) is 13.5 Å². The summed E-state index contributed by atoms with van der Waals surface area (Å²) in [6.45, 7) is 3.49. The van der Waals surface area contributed by atoms with Gasteiger partial charge in [-0.25, -0.2) is 4.98 Å². The molecule has 0 aliphatic carbocycles. The van der Waals surface area contributed by atoms with Crippen molar-refractivity contribution in [3.05, 3.63) is 11.6 Å². The van der Waals surface area contributed by atoms with Crippen molar-refractivity contribution in [1.82, 2.24) is 25.4 Å². The van der Waals surface area contributed by atoms with Crippen molar-refractivity contribution in [2.45, 2.75) is 25.8 Å². The van der Waals surface area contributed by atoms with Gasteiger partial charge < -0.3 is 10.2 Å². The standard InChI is InChI=1S/C10H17N5O/c1-3-8-12-9(14-13-8)10(16)15-5-4-7(6-15)11-2/h7,11H,3-6H2,1-2H3,(H,12,13,14). The first-order chi connectivity index (χ1) is 7.74. The third-order valence-corrected chi connectivity index (χ3v) is 2.94. The van der Waals surface area contributed by atoms with Crippen LogP contribution in [-0.4, -0.2) is 52.2 Å². The molecule has 0 spiro atoms. The monoisotopic (exact) mass is 223 g/mol. The third kappa shape index (κ3) is 2.06. The number of hydrogen-bond acceptors (Lipinski definition) is 4. The first-order valence-corrected chi connectivity index (χ1v) is 5.62. The molecule has 0 bridgehead atoms. The van der Waals surface area contributed by atoms with Crippen LogP contribution in [0.2, 0.25) is 0 Å². The highest BCUT2D eigenvalue weighted by Gasteiger charge is 2.27. The van der Waals surface area contributed by atoms with Crippen LogP contribution in [0.15, 0.2) is 0 Å². The molecule has 0 aromatic carbocycles. The lowest BCUT2D eigenvalue weighted by molar-refractivity contribution is 0.0778. The molecule has 6 heteroatoms. The Labute approximate surface area is 94.4 Å². The van der Waals surface area contributed by atoms with Gasteiger partial charge in [0.2, 0.25) is 5.82 Å². The number of amides is 1. The number of aryl methyl sites for hydroxylation is 1. The molecule has 0 saturated carbocycles. The van der Waals surface area contributed by atoms with E-state index in [0.717, 1.165) is 31.8 Å². The van der Waals surface area contributed by atoms with Crippen LogP contribution in [0, 0.1) is 0 Å². The zero-order chi connectivity index (χ0) is 11.5. The van der Waals surface area contributed by atoms with Crippen LogP contribution in [0.3, 0.4) is 0 Å². The molecule has 2 heterocycles. The Balaban J connectivity index is 2.02. The summed E-state index contributed by atoms with van der Waals surface area (Å²) in [4.78, 5) is 17.9. The Bertz CT molecular complexity index is 375. The average molecular weight is 223 g/mol. The van der Waals surface area contributed by atoms with Crippen LogP contribution >= 0.6 is 0 Å². The second-order valence-corrected chi connectivity index (χ2v) is 3.98. The minimum atomic E-state index is -0.0753. The molecule has 2 N–H and O–H groups in total. The van der Waals surface area contributed by atoms with E-state index in [1.165, 1.54) is 0 Å². The van der Waals surface area contributed by atoms with Gasteiger partial charge in [-0.1, -0.05) is 6.92 Å². The molecule has 1 aliphatic rings. The largest absolute Gasteiger partial charge is 0.334 e. The Kier molecular flexibility index (Phi) is 3.19. The summed E-state index contributed by atoms with van der Waals surface area (Å²) in [6, 6.07) is 0.397. The van der Waals surface area contributed by atoms with Gasteiger partial charge in [0.1, 0.15) is 5.82 Å². The van der Waals surface area contributed by atoms with Crippen LogP contribution in [0.5, 0.6) is 0 Å². The van der Waals surface area contributed by atoms with E-state index in [9.17, 15) is 4.79 Å². The van der Waals surface area contributed by atoms with Crippen LogP contribution < -0.4 is 5.32 Å². The van der Waals surface area contributed by atoms with Crippen molar-refractivity contribution >= 4 is 5.91 Å². The number of aromatic amines is 1. The van der Waals surface area contributed by atoms with Gasteiger partial charge in [-0.3, -0.25) is 9.89 Å². The topological polar surface area (TPSA) is 73.9 Å². The van der Waals surface area contributed by atoms with E-state index in [1.54, 1.807) is 4.90 Å². The molecular formula is C10H17N5O. The van der Waals surface area contributed by atoms with Crippen molar-refractivity contribution < 1.29 is 4.79 Å². The highest BCUT2D eigenvalue weighted by molar-refractivity contribution is 5.90. The normalized spacial score (nSPS) is 20.4. The quantitative estimate of drug-likeness (QED) is 0.744. The number of likely N-dealkylation sites (tertiary alicyclic amines) is 1. The number of carbonyl (C=O) groups is 1. The Morgan fingerprint density at radius 1 is 1.69 bits per heavy atom. The van der Waals surface area contributed by atoms with Gasteiger partial charge in [0.15, 0.2) is 0 Å². The second kappa shape index (κ2) is 4.61. The fraction of sp³-hybridized carbons (Fsp3) is 0.700. The molecule has 0 radical (unpaired) electrons. The lowest BCUT2D eigenvalue weighted by atomic mass is 10.3. The summed E-state index contributed by atoms with van der Waals surface area (Å²) in [5.74, 6) is 0.968. The number of carbonyl (C=O) groups excluding carboxylic acids is 1. The van der Waals surface area contributed by atoms with E-state index in [1.807, 2.05) is 14.0 Å². The van der Waals surface area contributed by atoms with Gasteiger partial charge in [0, 0.05) is 25.6 Å². The van der Waals surface area contributed by atoms with Crippen molar-refractivity contribution in [3.63, 3.8) is 0 Å². The highest BCUT2D eigenvalue weighted by Crippen LogP contribution is 2.11. The molecule has 1 unspecified atom stereocenters. The summed E-state index contributed by atoms with van der Waals surface area (Å²) in [7, 11) is 1.92. The first kappa shape index (κ1) is 11.1. The molecule has 6 nitrogen and oxygen atoms in total. The molecule has 1 fully saturated rings. The number of rotatable bonds is 3. The molecule has 1 aliphatic heterocycles. The fourth-order valence-corrected chi connectivity index (χ4v) is 1.87. The number of likely N-dealkylation sites (N-methyl/N-ethyl adjacent to an activating group) is 1. The maximum atomic E-state index is 12.0. The van der Waals surface area contributed by atoms with E-state index in [2.05, 4.69) is 20.5 Å². The summed E-state index contributed by atoms with van der Waals surface area (Å²) < 4.78 is 0. The van der Waals surface area contributed by atoms with E-state index < -0.39 is 0 Å². The van der Waals surface area contributed by atoms with Gasteiger partial charge in [-0.15, -0.1) is 5.10 Å². The lowest BCUT2D eigenvalue weighted by Crippen LogP contribution is -2.34. The Morgan fingerprint density at radius 2 is 2.50 bits per heavy atom. The fourth-order valence-electron chi connectivity index (χ4n) is 1.87. The summed E-state index contributed by atoms with van der Waals surface area (Å²) in [5, 5.41) is 9.87. The molecule has 1 amide bonds. The van der Waals surface area contributed by atoms with Crippen molar-refractivity contribution in [2.24, 2.45) is 0 Å². The van der Waals surface area contributed by atoms with Gasteiger partial charge >= 0.3 is 0 Å². The highest BCUT2D eigenvalue weighted by atomic mass is 16.2. The average Bonchev–Trinajstić information content (AvgIpc) is 2.97. The lowest BCUT2D eigenvalue weighted by Gasteiger charge is -2.13. The smallest absolute Gasteiger partial charge is 0.293 e. The van der Waals surface area contributed by atoms with Gasteiger partial charge in [0.25, 0.3) is 5.91 Å². The second-order valence-electron chi connectivity index (χ2n) is 3.98. The maximum Gasteiger partial charge on any atom is 0.293 e. The molecule has 1 aromatic heterocycles. The molecule has 1 atom stereocenters. The summed E-state index contributed by atoms with van der Waals surface area (Å²) in [6.07, 6.45) is 1.76. The van der Waals surface area contributed by atoms with E-state index in [4.69, 9.17) is 0 Å². The number of hydrogen-bond donors (Lipinski definition) is 2. The molecule has 88 valence electrons. The van der Waals surface area contributed by atoms with Crippen molar-refractivity contribution in [1.29, 1.82) is 0 Å². The number of nitrogens with one attached hydrogen (secondary N) is 2. The Hall–Kier alpha value is -1.43. The minimum Gasteiger partial charge on any atom is -0.334 e. The van der Waals surface area contributed by atoms with Gasteiger partial charge in [0.05, 0.1) is 0 Å². The molecule has 16 heavy (non-hydrogen) atoms. The SMILES string of the molecule is CCc1nc(C(=O)N2CCC(NC)C2)n[nH]1. The van der Waals surface area contributed by atoms with Gasteiger partial charge in [-0.2, -0.15) is 0 Å². The van der Waals surface area contributed by atoms with Crippen LogP contribution in [0.1, 0.15) is 29.8 Å². The van der Waals surface area contributed by atoms with Crippen LogP contribution in [-0.2, 0) is 6.42 Å². The zero-order valence-corrected chi connectivity index (χ0v) is 9.66. The van der Waals surface area contributed by atoms with Crippen LogP contribution in [0.4, 0.5) is 0 Å². The third-order valence-electron chi connectivity index (χ3n) is 2.94. The van der Waals surface area contributed by atoms with E-state index in [-0.39, 0.29) is 11.7 Å². The first-order valence-electron chi connectivity index (χ1n) is 5.62. The molecule has 1 saturated heterocycles. The number of nitrogens with zero attached hydrogens (tertiary/aromatic N) is 3. The summed E-state index contributed by atoms with van der Waals surface area (Å²) >= 11 is 0. The van der Waals surface area contributed by atoms with E-state index in [0.29, 0.717) is 6.04 Å². The predicted molar refractivity (Wildman–Crippen MR) is 59.1 cm³/mol. The number of aromatic nitrogens is 3. The van der Waals surface area contributed by atoms with Crippen molar-refractivity contribution in [3.8, 4) is 0 Å². The maximum absolute atomic E-state index is 12.0. The summed E-state index contributed by atoms with van der Waals surface area (Å²) in [5.41, 5.74) is 0. The molecule has 1 aromatic rings.